The fourth-order valence-corrected chi connectivity index (χ4v) is 3.08. The highest BCUT2D eigenvalue weighted by molar-refractivity contribution is 5.90. The molecule has 0 unspecified atom stereocenters. The minimum Gasteiger partial charge on any atom is -0.494 e. The van der Waals surface area contributed by atoms with Gasteiger partial charge in [-0.3, -0.25) is 0 Å². The smallest absolute Gasteiger partial charge is 0.341 e. The van der Waals surface area contributed by atoms with E-state index in [0.29, 0.717) is 18.0 Å². The molecule has 0 spiro atoms. The lowest BCUT2D eigenvalue weighted by atomic mass is 10.1. The summed E-state index contributed by atoms with van der Waals surface area (Å²) in [7, 11) is 0. The molecule has 0 aromatic heterocycles. The number of nitrogens with one attached hydrogen (secondary N) is 1. The Balaban J connectivity index is 1.54. The number of rotatable bonds is 12. The van der Waals surface area contributed by atoms with Gasteiger partial charge in [0, 0.05) is 5.69 Å². The summed E-state index contributed by atoms with van der Waals surface area (Å²) in [6, 6.07) is 21.8. The first kappa shape index (κ1) is 22.7. The Labute approximate surface area is 186 Å². The molecule has 3 N–H and O–H groups in total. The summed E-state index contributed by atoms with van der Waals surface area (Å²) < 4.78 is 11.1. The van der Waals surface area contributed by atoms with Crippen LogP contribution in [0.4, 0.5) is 11.4 Å². The number of hydrogen-bond acceptors (Lipinski definition) is 5. The topological polar surface area (TPSA) is 105 Å². The highest BCUT2D eigenvalue weighted by Crippen LogP contribution is 2.30. The van der Waals surface area contributed by atoms with Crippen molar-refractivity contribution in [1.82, 2.24) is 0 Å². The van der Waals surface area contributed by atoms with E-state index in [-0.39, 0.29) is 11.3 Å². The Morgan fingerprint density at radius 3 is 2.28 bits per heavy atom. The van der Waals surface area contributed by atoms with Gasteiger partial charge in [-0.25, -0.2) is 9.59 Å². The van der Waals surface area contributed by atoms with Crippen LogP contribution in [0.5, 0.6) is 11.5 Å². The third-order valence-electron chi connectivity index (χ3n) is 4.68. The van der Waals surface area contributed by atoms with Crippen molar-refractivity contribution >= 4 is 23.3 Å². The fraction of sp³-hybridized carbons (Fsp3) is 0.200. The number of carboxylic acids is 2. The Morgan fingerprint density at radius 1 is 0.844 bits per heavy atom. The third-order valence-corrected chi connectivity index (χ3v) is 4.68. The zero-order valence-electron chi connectivity index (χ0n) is 17.5. The van der Waals surface area contributed by atoms with Crippen LogP contribution in [0.1, 0.15) is 28.8 Å². The maximum Gasteiger partial charge on any atom is 0.341 e. The van der Waals surface area contributed by atoms with Crippen LogP contribution >= 0.6 is 0 Å². The number of ether oxygens (including phenoxy) is 2. The SMILES string of the molecule is O=C(O)COc1ccc(C(=O)O)cc1Nc1ccc(OCCCCc2ccccc2)cc1. The number of carboxylic acid groups (broad SMARTS) is 2. The summed E-state index contributed by atoms with van der Waals surface area (Å²) in [6.07, 6.45) is 3.01. The Morgan fingerprint density at radius 2 is 1.59 bits per heavy atom. The van der Waals surface area contributed by atoms with E-state index < -0.39 is 18.5 Å². The normalized spacial score (nSPS) is 10.4. The Hall–Kier alpha value is -4.00. The molecule has 0 bridgehead atoms. The van der Waals surface area contributed by atoms with Crippen molar-refractivity contribution in [3.8, 4) is 11.5 Å². The molecule has 32 heavy (non-hydrogen) atoms. The van der Waals surface area contributed by atoms with E-state index in [2.05, 4.69) is 17.4 Å². The standard InChI is InChI=1S/C25H25NO6/c27-24(28)17-32-23-14-9-19(25(29)30)16-22(23)26-20-10-12-21(13-11-20)31-15-5-4-8-18-6-2-1-3-7-18/h1-3,6-7,9-14,16,26H,4-5,8,15,17H2,(H,27,28)(H,29,30). The minimum absolute atomic E-state index is 0.0608. The van der Waals surface area contributed by atoms with Crippen LogP contribution in [0.3, 0.4) is 0 Å². The number of hydrogen-bond donors (Lipinski definition) is 3. The summed E-state index contributed by atoms with van der Waals surface area (Å²) in [5.74, 6) is -1.23. The van der Waals surface area contributed by atoms with Gasteiger partial charge in [0.25, 0.3) is 0 Å². The van der Waals surface area contributed by atoms with Crippen LogP contribution < -0.4 is 14.8 Å². The quantitative estimate of drug-likeness (QED) is 0.344. The molecule has 0 aliphatic heterocycles. The van der Waals surface area contributed by atoms with E-state index >= 15 is 0 Å². The molecule has 0 atom stereocenters. The van der Waals surface area contributed by atoms with Gasteiger partial charge in [-0.1, -0.05) is 30.3 Å². The zero-order chi connectivity index (χ0) is 22.8. The van der Waals surface area contributed by atoms with Crippen LogP contribution in [0, 0.1) is 0 Å². The lowest BCUT2D eigenvalue weighted by Crippen LogP contribution is -2.11. The third kappa shape index (κ3) is 7.05. The Bertz CT molecular complexity index is 1030. The molecule has 7 heteroatoms. The first-order valence-electron chi connectivity index (χ1n) is 10.3. The number of aliphatic carboxylic acids is 1. The lowest BCUT2D eigenvalue weighted by Gasteiger charge is -2.14. The minimum atomic E-state index is -1.12. The fourth-order valence-electron chi connectivity index (χ4n) is 3.08. The summed E-state index contributed by atoms with van der Waals surface area (Å²) in [4.78, 5) is 22.1. The van der Waals surface area contributed by atoms with Crippen LogP contribution in [0.15, 0.2) is 72.8 Å². The van der Waals surface area contributed by atoms with Crippen LogP contribution in [0.2, 0.25) is 0 Å². The molecule has 0 aliphatic rings. The second kappa shape index (κ2) is 11.4. The van der Waals surface area contributed by atoms with Gasteiger partial charge in [0.2, 0.25) is 0 Å². The van der Waals surface area contributed by atoms with Crippen molar-refractivity contribution in [2.24, 2.45) is 0 Å². The summed E-state index contributed by atoms with van der Waals surface area (Å²) >= 11 is 0. The highest BCUT2D eigenvalue weighted by atomic mass is 16.5. The largest absolute Gasteiger partial charge is 0.494 e. The van der Waals surface area contributed by atoms with E-state index in [4.69, 9.17) is 14.6 Å². The molecule has 0 heterocycles. The number of aromatic carboxylic acids is 1. The van der Waals surface area contributed by atoms with Crippen molar-refractivity contribution in [2.75, 3.05) is 18.5 Å². The second-order valence-electron chi connectivity index (χ2n) is 7.14. The highest BCUT2D eigenvalue weighted by Gasteiger charge is 2.11. The summed E-state index contributed by atoms with van der Waals surface area (Å²) in [6.45, 7) is 0.0889. The number of benzene rings is 3. The maximum atomic E-state index is 11.3. The molecule has 3 rings (SSSR count). The van der Waals surface area contributed by atoms with Crippen molar-refractivity contribution in [1.29, 1.82) is 0 Å². The van der Waals surface area contributed by atoms with Crippen LogP contribution in [-0.2, 0) is 11.2 Å². The van der Waals surface area contributed by atoms with Gasteiger partial charge in [-0.05, 0) is 67.3 Å². The molecule has 0 aliphatic carbocycles. The van der Waals surface area contributed by atoms with E-state index in [9.17, 15) is 14.7 Å². The van der Waals surface area contributed by atoms with Crippen LogP contribution in [0.25, 0.3) is 0 Å². The first-order chi connectivity index (χ1) is 15.5. The molecule has 0 amide bonds. The predicted octanol–water partition coefficient (Wildman–Crippen LogP) is 4.99. The zero-order valence-corrected chi connectivity index (χ0v) is 17.5. The number of anilines is 2. The summed E-state index contributed by atoms with van der Waals surface area (Å²) in [5, 5.41) is 21.1. The molecule has 0 saturated heterocycles. The van der Waals surface area contributed by atoms with Gasteiger partial charge < -0.3 is 25.0 Å². The molecular weight excluding hydrogens is 410 g/mol. The number of unbranched alkanes of at least 4 members (excludes halogenated alkanes) is 1. The molecule has 166 valence electrons. The first-order valence-corrected chi connectivity index (χ1v) is 10.3. The van der Waals surface area contributed by atoms with Gasteiger partial charge in [-0.15, -0.1) is 0 Å². The monoisotopic (exact) mass is 435 g/mol. The lowest BCUT2D eigenvalue weighted by molar-refractivity contribution is -0.139. The van der Waals surface area contributed by atoms with Crippen LogP contribution in [-0.4, -0.2) is 35.4 Å². The Kier molecular flexibility index (Phi) is 8.09. The maximum absolute atomic E-state index is 11.3. The van der Waals surface area contributed by atoms with Crippen molar-refractivity contribution in [3.05, 3.63) is 83.9 Å². The summed E-state index contributed by atoms with van der Waals surface area (Å²) in [5.41, 5.74) is 2.43. The van der Waals surface area contributed by atoms with E-state index in [1.54, 1.807) is 12.1 Å². The van der Waals surface area contributed by atoms with E-state index in [1.165, 1.54) is 23.8 Å². The molecule has 0 radical (unpaired) electrons. The average molecular weight is 435 g/mol. The number of aryl methyl sites for hydroxylation is 1. The van der Waals surface area contributed by atoms with Gasteiger partial charge in [0.1, 0.15) is 11.5 Å². The molecule has 3 aromatic rings. The van der Waals surface area contributed by atoms with Crippen molar-refractivity contribution in [2.45, 2.75) is 19.3 Å². The van der Waals surface area contributed by atoms with E-state index in [1.807, 2.05) is 30.3 Å². The van der Waals surface area contributed by atoms with Crippen molar-refractivity contribution < 1.29 is 29.3 Å². The predicted molar refractivity (Wildman–Crippen MR) is 121 cm³/mol. The second-order valence-corrected chi connectivity index (χ2v) is 7.14. The molecule has 3 aromatic carbocycles. The molecule has 0 fully saturated rings. The van der Waals surface area contributed by atoms with Crippen molar-refractivity contribution in [3.63, 3.8) is 0 Å². The van der Waals surface area contributed by atoms with Gasteiger partial charge in [0.05, 0.1) is 17.9 Å². The van der Waals surface area contributed by atoms with Gasteiger partial charge in [0.15, 0.2) is 6.61 Å². The van der Waals surface area contributed by atoms with Gasteiger partial charge in [-0.2, -0.15) is 0 Å². The van der Waals surface area contributed by atoms with Gasteiger partial charge >= 0.3 is 11.9 Å². The number of carbonyl (C=O) groups is 2. The van der Waals surface area contributed by atoms with E-state index in [0.717, 1.165) is 25.0 Å². The average Bonchev–Trinajstić information content (AvgIpc) is 2.79. The molecule has 7 nitrogen and oxygen atoms in total. The molecular formula is C25H25NO6. The molecule has 0 saturated carbocycles.